The van der Waals surface area contributed by atoms with Gasteiger partial charge in [0.1, 0.15) is 11.6 Å². The molecule has 1 aromatic carbocycles. The molecule has 3 heteroatoms. The monoisotopic (exact) mass is 225 g/mol. The minimum Gasteiger partial charge on any atom is -0.316 e. The lowest BCUT2D eigenvalue weighted by molar-refractivity contribution is 0.425. The van der Waals surface area contributed by atoms with Gasteiger partial charge in [-0.05, 0) is 44.4 Å². The lowest BCUT2D eigenvalue weighted by atomic mass is 9.88. The molecule has 0 radical (unpaired) electrons. The lowest BCUT2D eigenvalue weighted by Crippen LogP contribution is -2.29. The van der Waals surface area contributed by atoms with Crippen LogP contribution in [0.2, 0.25) is 0 Å². The van der Waals surface area contributed by atoms with Gasteiger partial charge in [0.2, 0.25) is 0 Å². The van der Waals surface area contributed by atoms with Crippen LogP contribution in [0.1, 0.15) is 35.4 Å². The highest BCUT2D eigenvalue weighted by atomic mass is 19.1. The van der Waals surface area contributed by atoms with Crippen molar-refractivity contribution >= 4 is 0 Å². The molecule has 0 aromatic heterocycles. The van der Waals surface area contributed by atoms with Crippen LogP contribution in [0.5, 0.6) is 0 Å². The number of benzene rings is 1. The molecule has 0 spiro atoms. The standard InChI is InChI=1S/C13H17F2N/c1-8-6-9(2)13(15)11(12(8)14)10-4-3-5-16-7-10/h6,10,16H,3-5,7H2,1-2H3. The number of halogens is 2. The van der Waals surface area contributed by atoms with E-state index in [-0.39, 0.29) is 23.1 Å². The summed E-state index contributed by atoms with van der Waals surface area (Å²) in [4.78, 5) is 0. The first-order chi connectivity index (χ1) is 7.61. The number of nitrogens with one attached hydrogen (secondary N) is 1. The van der Waals surface area contributed by atoms with E-state index in [1.807, 2.05) is 0 Å². The number of aryl methyl sites for hydroxylation is 2. The van der Waals surface area contributed by atoms with Gasteiger partial charge in [0.25, 0.3) is 0 Å². The zero-order chi connectivity index (χ0) is 11.7. The van der Waals surface area contributed by atoms with E-state index in [2.05, 4.69) is 5.32 Å². The molecule has 16 heavy (non-hydrogen) atoms. The average Bonchev–Trinajstić information content (AvgIpc) is 2.28. The van der Waals surface area contributed by atoms with Crippen molar-refractivity contribution in [2.45, 2.75) is 32.6 Å². The Morgan fingerprint density at radius 1 is 1.19 bits per heavy atom. The Hall–Kier alpha value is -0.960. The summed E-state index contributed by atoms with van der Waals surface area (Å²) < 4.78 is 27.9. The smallest absolute Gasteiger partial charge is 0.132 e. The summed E-state index contributed by atoms with van der Waals surface area (Å²) in [7, 11) is 0. The maximum Gasteiger partial charge on any atom is 0.132 e. The molecule has 1 aliphatic rings. The molecule has 1 saturated heterocycles. The molecular weight excluding hydrogens is 208 g/mol. The molecule has 1 unspecified atom stereocenters. The predicted octanol–water partition coefficient (Wildman–Crippen LogP) is 3.05. The predicted molar refractivity (Wildman–Crippen MR) is 60.7 cm³/mol. The van der Waals surface area contributed by atoms with E-state index in [9.17, 15) is 8.78 Å². The second kappa shape index (κ2) is 4.50. The van der Waals surface area contributed by atoms with Crippen LogP contribution in [0.25, 0.3) is 0 Å². The van der Waals surface area contributed by atoms with E-state index in [0.29, 0.717) is 17.7 Å². The summed E-state index contributed by atoms with van der Waals surface area (Å²) in [5.41, 5.74) is 1.36. The van der Waals surface area contributed by atoms with Gasteiger partial charge in [-0.2, -0.15) is 0 Å². The summed E-state index contributed by atoms with van der Waals surface area (Å²) in [6.45, 7) is 5.02. The Kier molecular flexibility index (Phi) is 3.24. The molecule has 0 saturated carbocycles. The van der Waals surface area contributed by atoms with Gasteiger partial charge in [-0.1, -0.05) is 6.07 Å². The molecule has 0 aliphatic carbocycles. The van der Waals surface area contributed by atoms with Gasteiger partial charge in [0, 0.05) is 18.0 Å². The molecule has 1 aromatic rings. The number of rotatable bonds is 1. The van der Waals surface area contributed by atoms with Gasteiger partial charge in [0.05, 0.1) is 0 Å². The van der Waals surface area contributed by atoms with E-state index in [4.69, 9.17) is 0 Å². The fraction of sp³-hybridized carbons (Fsp3) is 0.538. The first kappa shape index (κ1) is 11.5. The molecule has 1 N–H and O–H groups in total. The van der Waals surface area contributed by atoms with Crippen LogP contribution >= 0.6 is 0 Å². The van der Waals surface area contributed by atoms with E-state index >= 15 is 0 Å². The highest BCUT2D eigenvalue weighted by Gasteiger charge is 2.24. The first-order valence-electron chi connectivity index (χ1n) is 5.77. The second-order valence-electron chi connectivity index (χ2n) is 4.60. The summed E-state index contributed by atoms with van der Waals surface area (Å²) in [6, 6.07) is 1.57. The lowest BCUT2D eigenvalue weighted by Gasteiger charge is -2.25. The highest BCUT2D eigenvalue weighted by Crippen LogP contribution is 2.31. The van der Waals surface area contributed by atoms with Crippen LogP contribution in [0.15, 0.2) is 6.07 Å². The number of hydrogen-bond acceptors (Lipinski definition) is 1. The molecular formula is C13H17F2N. The van der Waals surface area contributed by atoms with E-state index < -0.39 is 0 Å². The van der Waals surface area contributed by atoms with Crippen molar-refractivity contribution in [3.05, 3.63) is 34.4 Å². The van der Waals surface area contributed by atoms with Crippen molar-refractivity contribution in [3.8, 4) is 0 Å². The van der Waals surface area contributed by atoms with Crippen LogP contribution in [-0.2, 0) is 0 Å². The maximum absolute atomic E-state index is 14.0. The van der Waals surface area contributed by atoms with E-state index in [0.717, 1.165) is 19.4 Å². The minimum atomic E-state index is -0.364. The molecule has 1 fully saturated rings. The van der Waals surface area contributed by atoms with Gasteiger partial charge < -0.3 is 5.32 Å². The van der Waals surface area contributed by atoms with Gasteiger partial charge in [-0.3, -0.25) is 0 Å². The number of hydrogen-bond donors (Lipinski definition) is 1. The van der Waals surface area contributed by atoms with Crippen molar-refractivity contribution in [1.82, 2.24) is 5.32 Å². The molecule has 1 heterocycles. The topological polar surface area (TPSA) is 12.0 Å². The SMILES string of the molecule is Cc1cc(C)c(F)c(C2CCCNC2)c1F. The van der Waals surface area contributed by atoms with Gasteiger partial charge in [-0.25, -0.2) is 8.78 Å². The van der Waals surface area contributed by atoms with Crippen molar-refractivity contribution in [2.75, 3.05) is 13.1 Å². The quantitative estimate of drug-likeness (QED) is 0.774. The Labute approximate surface area is 94.9 Å². The Morgan fingerprint density at radius 2 is 1.81 bits per heavy atom. The maximum atomic E-state index is 14.0. The third-order valence-electron chi connectivity index (χ3n) is 3.30. The fourth-order valence-electron chi connectivity index (χ4n) is 2.43. The highest BCUT2D eigenvalue weighted by molar-refractivity contribution is 5.35. The second-order valence-corrected chi connectivity index (χ2v) is 4.60. The third-order valence-corrected chi connectivity index (χ3v) is 3.30. The zero-order valence-corrected chi connectivity index (χ0v) is 9.74. The van der Waals surface area contributed by atoms with Gasteiger partial charge in [0.15, 0.2) is 0 Å². The van der Waals surface area contributed by atoms with Crippen LogP contribution in [0.4, 0.5) is 8.78 Å². The van der Waals surface area contributed by atoms with Crippen LogP contribution in [-0.4, -0.2) is 13.1 Å². The molecule has 0 bridgehead atoms. The van der Waals surface area contributed by atoms with Crippen LogP contribution < -0.4 is 5.32 Å². The van der Waals surface area contributed by atoms with E-state index in [1.165, 1.54) is 0 Å². The summed E-state index contributed by atoms with van der Waals surface area (Å²) in [5.74, 6) is -0.749. The number of piperidine rings is 1. The summed E-state index contributed by atoms with van der Waals surface area (Å²) in [5, 5.41) is 3.19. The van der Waals surface area contributed by atoms with Crippen molar-refractivity contribution in [1.29, 1.82) is 0 Å². The van der Waals surface area contributed by atoms with Crippen LogP contribution in [0, 0.1) is 25.5 Å². The molecule has 0 amide bonds. The molecule has 1 atom stereocenters. The van der Waals surface area contributed by atoms with Crippen molar-refractivity contribution in [2.24, 2.45) is 0 Å². The summed E-state index contributed by atoms with van der Waals surface area (Å²) in [6.07, 6.45) is 1.85. The first-order valence-corrected chi connectivity index (χ1v) is 5.77. The molecule has 1 aliphatic heterocycles. The molecule has 2 rings (SSSR count). The Bertz CT molecular complexity index is 369. The normalized spacial score (nSPS) is 21.1. The van der Waals surface area contributed by atoms with Gasteiger partial charge in [-0.15, -0.1) is 0 Å². The molecule has 88 valence electrons. The van der Waals surface area contributed by atoms with Gasteiger partial charge >= 0.3 is 0 Å². The third kappa shape index (κ3) is 1.96. The Balaban J connectivity index is 2.45. The minimum absolute atomic E-state index is 0.0210. The Morgan fingerprint density at radius 3 is 2.31 bits per heavy atom. The van der Waals surface area contributed by atoms with E-state index in [1.54, 1.807) is 19.9 Å². The average molecular weight is 225 g/mol. The zero-order valence-electron chi connectivity index (χ0n) is 9.74. The largest absolute Gasteiger partial charge is 0.316 e. The molecule has 1 nitrogen and oxygen atoms in total. The fourth-order valence-corrected chi connectivity index (χ4v) is 2.43. The van der Waals surface area contributed by atoms with Crippen LogP contribution in [0.3, 0.4) is 0 Å². The summed E-state index contributed by atoms with van der Waals surface area (Å²) >= 11 is 0. The van der Waals surface area contributed by atoms with Crippen molar-refractivity contribution < 1.29 is 8.78 Å². The van der Waals surface area contributed by atoms with Crippen molar-refractivity contribution in [3.63, 3.8) is 0 Å².